The third kappa shape index (κ3) is 8.01. The van der Waals surface area contributed by atoms with Gasteiger partial charge in [0.2, 0.25) is 12.0 Å². The number of benzene rings is 2. The van der Waals surface area contributed by atoms with Gasteiger partial charge in [0, 0.05) is 30.9 Å². The summed E-state index contributed by atoms with van der Waals surface area (Å²) in [5.74, 6) is -1.57. The number of ether oxygens (including phenoxy) is 4. The molecule has 0 unspecified atom stereocenters. The molecule has 4 atom stereocenters. The molecule has 61 heavy (non-hydrogen) atoms. The van der Waals surface area contributed by atoms with E-state index in [4.69, 9.17) is 18.9 Å². The molecule has 0 saturated carbocycles. The minimum atomic E-state index is -5.01. The van der Waals surface area contributed by atoms with Crippen LogP contribution in [0.25, 0.3) is 22.2 Å². The van der Waals surface area contributed by atoms with Gasteiger partial charge in [-0.2, -0.15) is 13.2 Å². The van der Waals surface area contributed by atoms with Crippen LogP contribution in [0.15, 0.2) is 59.8 Å². The lowest BCUT2D eigenvalue weighted by Gasteiger charge is -2.48. The highest BCUT2D eigenvalue weighted by Gasteiger charge is 2.61. The Labute approximate surface area is 353 Å². The molecule has 0 aliphatic carbocycles. The first-order chi connectivity index (χ1) is 29.0. The number of pyridine rings is 2. The van der Waals surface area contributed by atoms with Gasteiger partial charge in [-0.15, -0.1) is 0 Å². The van der Waals surface area contributed by atoms with Crippen molar-refractivity contribution in [2.75, 3.05) is 36.8 Å². The van der Waals surface area contributed by atoms with Crippen molar-refractivity contribution in [3.05, 3.63) is 83.1 Å². The van der Waals surface area contributed by atoms with Gasteiger partial charge in [0.05, 0.1) is 32.3 Å². The molecule has 0 N–H and O–H groups in total. The van der Waals surface area contributed by atoms with E-state index in [1.54, 1.807) is 77.3 Å². The van der Waals surface area contributed by atoms with E-state index in [0.29, 0.717) is 17.9 Å². The highest BCUT2D eigenvalue weighted by Crippen LogP contribution is 2.49. The first-order valence-electron chi connectivity index (χ1n) is 19.6. The molecule has 2 saturated heterocycles. The summed E-state index contributed by atoms with van der Waals surface area (Å²) in [7, 11) is 3.10. The second kappa shape index (κ2) is 16.0. The van der Waals surface area contributed by atoms with Crippen LogP contribution in [-0.2, 0) is 17.8 Å². The Morgan fingerprint density at radius 2 is 1.52 bits per heavy atom. The van der Waals surface area contributed by atoms with Gasteiger partial charge >= 0.3 is 12.3 Å². The van der Waals surface area contributed by atoms with Crippen LogP contribution in [0.1, 0.15) is 50.4 Å². The van der Waals surface area contributed by atoms with Gasteiger partial charge in [0.1, 0.15) is 39.5 Å². The number of hydrogen-bond acceptors (Lipinski definition) is 12. The summed E-state index contributed by atoms with van der Waals surface area (Å²) in [5, 5.41) is -0.124. The Hall–Kier alpha value is -5.65. The number of halogens is 5. The Kier molecular flexibility index (Phi) is 11.0. The van der Waals surface area contributed by atoms with Gasteiger partial charge in [0.25, 0.3) is 0 Å². The standard InChI is InChI=1S/C43H44F5N7O5S/c1-22-18-28(31(44)38(49-22)53(19-23-8-13-26(57-5)14-9-23)20-24-10-15-27(58-6)16-11-24)33-32(45)34-30-37(52-40(51-34)61-7)54-21-25-12-17-29(55(25)41(56)60-42(2,3)4)35(54)36(43(46,47)48)59-39(30)50-33/h8-11,13-16,18,25,29,35-36H,12,17,19-21H2,1-7H3/t25-,29+,35+,36-/m1/s1. The third-order valence-corrected chi connectivity index (χ3v) is 11.6. The number of aryl methyl sites for hydroxylation is 1. The van der Waals surface area contributed by atoms with Crippen LogP contribution in [0.3, 0.4) is 0 Å². The van der Waals surface area contributed by atoms with Crippen molar-refractivity contribution < 1.29 is 45.7 Å². The number of nitrogens with zero attached hydrogens (tertiary/aromatic N) is 7. The molecule has 6 heterocycles. The summed E-state index contributed by atoms with van der Waals surface area (Å²) >= 11 is 1.06. The number of rotatable bonds is 9. The molecule has 18 heteroatoms. The van der Waals surface area contributed by atoms with E-state index in [9.17, 15) is 4.79 Å². The first-order valence-corrected chi connectivity index (χ1v) is 20.8. The first kappa shape index (κ1) is 42.1. The SMILES string of the molecule is COc1ccc(CN(Cc2ccc(OC)cc2)c2nc(C)cc(-c3nc4c5c(nc(SC)nc5c3F)N3C[C@H]5CC[C@@H]([C@H]3[C@H](C(F)(F)F)O4)N5C(=O)OC(C)(C)C)c2F)cc1. The van der Waals surface area contributed by atoms with E-state index < -0.39 is 65.3 Å². The predicted molar refractivity (Wildman–Crippen MR) is 219 cm³/mol. The topological polar surface area (TPSA) is 115 Å². The molecule has 0 spiro atoms. The second-order valence-corrected chi connectivity index (χ2v) is 17.0. The van der Waals surface area contributed by atoms with Crippen LogP contribution >= 0.6 is 11.8 Å². The van der Waals surface area contributed by atoms with Gasteiger partial charge in [-0.3, -0.25) is 4.90 Å². The van der Waals surface area contributed by atoms with Crippen LogP contribution in [-0.4, -0.2) is 94.0 Å². The minimum absolute atomic E-state index is 0.0167. The van der Waals surface area contributed by atoms with Gasteiger partial charge in [0.15, 0.2) is 22.6 Å². The molecule has 1 amide bonds. The fourth-order valence-corrected chi connectivity index (χ4v) is 8.78. The van der Waals surface area contributed by atoms with Crippen LogP contribution in [0.4, 0.5) is 38.4 Å². The lowest BCUT2D eigenvalue weighted by molar-refractivity contribution is -0.206. The average Bonchev–Trinajstić information content (AvgIpc) is 3.46. The zero-order valence-corrected chi connectivity index (χ0v) is 35.3. The lowest BCUT2D eigenvalue weighted by Crippen LogP contribution is -2.68. The zero-order valence-electron chi connectivity index (χ0n) is 34.5. The van der Waals surface area contributed by atoms with Gasteiger partial charge < -0.3 is 28.7 Å². The fourth-order valence-electron chi connectivity index (χ4n) is 8.42. The highest BCUT2D eigenvalue weighted by atomic mass is 32.2. The maximum atomic E-state index is 17.3. The molecule has 0 radical (unpaired) electrons. The average molecular weight is 866 g/mol. The number of alkyl halides is 3. The lowest BCUT2D eigenvalue weighted by atomic mass is 9.96. The van der Waals surface area contributed by atoms with Crippen molar-refractivity contribution in [2.45, 2.75) is 94.8 Å². The Morgan fingerprint density at radius 3 is 2.08 bits per heavy atom. The zero-order chi connectivity index (χ0) is 43.5. The van der Waals surface area contributed by atoms with E-state index >= 15 is 22.0 Å². The summed E-state index contributed by atoms with van der Waals surface area (Å²) in [6.07, 6.45) is -6.03. The van der Waals surface area contributed by atoms with Crippen molar-refractivity contribution >= 4 is 40.4 Å². The van der Waals surface area contributed by atoms with Crippen molar-refractivity contribution in [3.63, 3.8) is 0 Å². The largest absolute Gasteiger partial charge is 0.497 e. The van der Waals surface area contributed by atoms with Crippen LogP contribution < -0.4 is 24.0 Å². The number of methoxy groups -OCH3 is 2. The number of piperazine rings is 1. The number of aromatic nitrogens is 4. The smallest absolute Gasteiger partial charge is 0.427 e. The Balaban J connectivity index is 1.28. The van der Waals surface area contributed by atoms with Gasteiger partial charge in [-0.1, -0.05) is 36.0 Å². The van der Waals surface area contributed by atoms with Gasteiger partial charge in [-0.25, -0.2) is 33.5 Å². The second-order valence-electron chi connectivity index (χ2n) is 16.2. The number of thioether (sulfide) groups is 1. The molecule has 3 aromatic heterocycles. The van der Waals surface area contributed by atoms with E-state index in [1.165, 1.54) is 15.9 Å². The maximum Gasteiger partial charge on any atom is 0.427 e. The maximum absolute atomic E-state index is 17.3. The molecule has 322 valence electrons. The summed E-state index contributed by atoms with van der Waals surface area (Å²) in [6, 6.07) is 12.6. The van der Waals surface area contributed by atoms with Crippen LogP contribution in [0.5, 0.6) is 17.4 Å². The molecular formula is C43H44F5N7O5S. The number of hydrogen-bond donors (Lipinski definition) is 0. The summed E-state index contributed by atoms with van der Waals surface area (Å²) in [6.45, 7) is 6.90. The normalized spacial score (nSPS) is 19.6. The summed E-state index contributed by atoms with van der Waals surface area (Å²) in [4.78, 5) is 36.1. The predicted octanol–water partition coefficient (Wildman–Crippen LogP) is 8.90. The van der Waals surface area contributed by atoms with Crippen molar-refractivity contribution in [3.8, 4) is 28.6 Å². The molecule has 12 nitrogen and oxygen atoms in total. The molecule has 5 aromatic rings. The highest BCUT2D eigenvalue weighted by molar-refractivity contribution is 7.98. The molecule has 3 aliphatic heterocycles. The van der Waals surface area contributed by atoms with E-state index in [0.717, 1.165) is 22.9 Å². The molecule has 8 rings (SSSR count). The molecular weight excluding hydrogens is 822 g/mol. The number of anilines is 2. The number of carbonyl (C=O) groups is 1. The third-order valence-electron chi connectivity index (χ3n) is 11.0. The Bertz CT molecular complexity index is 2420. The quantitative estimate of drug-likeness (QED) is 0.0801. The summed E-state index contributed by atoms with van der Waals surface area (Å²) in [5.41, 5.74) is -0.416. The van der Waals surface area contributed by atoms with Crippen molar-refractivity contribution in [1.82, 2.24) is 24.8 Å². The number of fused-ring (bicyclic) bond motifs is 5. The summed E-state index contributed by atoms with van der Waals surface area (Å²) < 4.78 is 103. The minimum Gasteiger partial charge on any atom is -0.497 e. The molecule has 2 fully saturated rings. The number of amides is 1. The monoisotopic (exact) mass is 865 g/mol. The van der Waals surface area contributed by atoms with Crippen molar-refractivity contribution in [1.29, 1.82) is 0 Å². The van der Waals surface area contributed by atoms with E-state index in [2.05, 4.69) is 19.9 Å². The number of carbonyl (C=O) groups excluding carboxylic acids is 1. The van der Waals surface area contributed by atoms with E-state index in [-0.39, 0.29) is 65.0 Å². The van der Waals surface area contributed by atoms with E-state index in [1.807, 2.05) is 24.3 Å². The van der Waals surface area contributed by atoms with Crippen molar-refractivity contribution in [2.24, 2.45) is 0 Å². The molecule has 3 aliphatic rings. The van der Waals surface area contributed by atoms with Crippen LogP contribution in [0, 0.1) is 18.6 Å². The molecule has 2 bridgehead atoms. The van der Waals surface area contributed by atoms with Gasteiger partial charge in [-0.05, 0) is 88.3 Å². The molecule has 2 aromatic carbocycles. The Morgan fingerprint density at radius 1 is 0.902 bits per heavy atom. The fraction of sp³-hybridized carbons (Fsp3) is 0.419. The van der Waals surface area contributed by atoms with Crippen LogP contribution in [0.2, 0.25) is 0 Å².